The Balaban J connectivity index is 1.45. The van der Waals surface area contributed by atoms with Crippen molar-refractivity contribution < 1.29 is 14.7 Å². The Morgan fingerprint density at radius 2 is 2.00 bits per heavy atom. The minimum atomic E-state index is -1.01. The first kappa shape index (κ1) is 19.6. The van der Waals surface area contributed by atoms with Crippen LogP contribution in [0.3, 0.4) is 0 Å². The van der Waals surface area contributed by atoms with Crippen LogP contribution in [0.15, 0.2) is 53.7 Å². The predicted molar refractivity (Wildman–Crippen MR) is 107 cm³/mol. The van der Waals surface area contributed by atoms with Gasteiger partial charge in [-0.2, -0.15) is 9.94 Å². The summed E-state index contributed by atoms with van der Waals surface area (Å²) in [7, 11) is 0. The predicted octanol–water partition coefficient (Wildman–Crippen LogP) is 2.17. The summed E-state index contributed by atoms with van der Waals surface area (Å²) in [5, 5.41) is 33.1. The summed E-state index contributed by atoms with van der Waals surface area (Å²) >= 11 is 1.29. The van der Waals surface area contributed by atoms with Crippen LogP contribution in [-0.4, -0.2) is 41.9 Å². The van der Waals surface area contributed by atoms with Gasteiger partial charge in [0.05, 0.1) is 22.9 Å². The van der Waals surface area contributed by atoms with E-state index in [1.807, 2.05) is 6.07 Å². The highest BCUT2D eigenvalue weighted by atomic mass is 32.2. The fourth-order valence-corrected chi connectivity index (χ4v) is 4.03. The van der Waals surface area contributed by atoms with E-state index in [1.165, 1.54) is 28.6 Å². The standard InChI is InChI=1S/C20H16N6O3S/c21-11-13-2-1-3-14(10-13)12-22-18(29)20(8-9-20)30-19-23-24-25-26(19)16-6-4-15(5-7-16)17(27)28/h1-7,10H,8-9,12H2,(H,22,29)(H,27,28). The van der Waals surface area contributed by atoms with E-state index in [1.54, 1.807) is 30.3 Å². The van der Waals surface area contributed by atoms with Gasteiger partial charge in [0.1, 0.15) is 4.75 Å². The highest BCUT2D eigenvalue weighted by molar-refractivity contribution is 8.01. The molecule has 1 aliphatic carbocycles. The van der Waals surface area contributed by atoms with Crippen molar-refractivity contribution in [2.45, 2.75) is 29.3 Å². The molecule has 30 heavy (non-hydrogen) atoms. The molecule has 2 N–H and O–H groups in total. The van der Waals surface area contributed by atoms with E-state index in [9.17, 15) is 9.59 Å². The number of tetrazole rings is 1. The third-order valence-corrected chi connectivity index (χ3v) is 6.14. The Kier molecular flexibility index (Phi) is 5.20. The second-order valence-electron chi connectivity index (χ2n) is 6.82. The molecule has 0 saturated heterocycles. The largest absolute Gasteiger partial charge is 0.478 e. The molecule has 1 aromatic heterocycles. The van der Waals surface area contributed by atoms with Crippen molar-refractivity contribution in [3.63, 3.8) is 0 Å². The number of carboxylic acids is 1. The van der Waals surface area contributed by atoms with Crippen LogP contribution in [0.1, 0.15) is 34.3 Å². The van der Waals surface area contributed by atoms with Crippen LogP contribution in [0.25, 0.3) is 5.69 Å². The smallest absolute Gasteiger partial charge is 0.335 e. The summed E-state index contributed by atoms with van der Waals surface area (Å²) in [5.74, 6) is -1.12. The van der Waals surface area contributed by atoms with E-state index in [-0.39, 0.29) is 11.5 Å². The number of aromatic carboxylic acids is 1. The minimum Gasteiger partial charge on any atom is -0.478 e. The molecule has 4 rings (SSSR count). The van der Waals surface area contributed by atoms with Crippen LogP contribution >= 0.6 is 11.8 Å². The van der Waals surface area contributed by atoms with E-state index in [2.05, 4.69) is 26.9 Å². The molecule has 1 saturated carbocycles. The number of hydrogen-bond donors (Lipinski definition) is 2. The molecular formula is C20H16N6O3S. The number of nitrogens with zero attached hydrogens (tertiary/aromatic N) is 5. The summed E-state index contributed by atoms with van der Waals surface area (Å²) in [6, 6.07) is 15.4. The van der Waals surface area contributed by atoms with Crippen LogP contribution < -0.4 is 5.32 Å². The van der Waals surface area contributed by atoms with Gasteiger partial charge in [-0.15, -0.1) is 5.10 Å². The van der Waals surface area contributed by atoms with Crippen LogP contribution in [0.5, 0.6) is 0 Å². The normalized spacial score (nSPS) is 14.0. The lowest BCUT2D eigenvalue weighted by atomic mass is 10.1. The minimum absolute atomic E-state index is 0.106. The van der Waals surface area contributed by atoms with E-state index in [4.69, 9.17) is 10.4 Å². The summed E-state index contributed by atoms with van der Waals surface area (Å²) in [5.41, 5.74) is 2.17. The number of hydrogen-bond acceptors (Lipinski definition) is 7. The molecule has 1 aliphatic rings. The van der Waals surface area contributed by atoms with Crippen molar-refractivity contribution in [1.82, 2.24) is 25.5 Å². The maximum atomic E-state index is 12.8. The molecule has 9 nitrogen and oxygen atoms in total. The molecule has 0 atom stereocenters. The van der Waals surface area contributed by atoms with Gasteiger partial charge < -0.3 is 10.4 Å². The second-order valence-corrected chi connectivity index (χ2v) is 8.17. The van der Waals surface area contributed by atoms with Crippen LogP contribution in [0.2, 0.25) is 0 Å². The first-order chi connectivity index (χ1) is 14.5. The second kappa shape index (κ2) is 7.96. The van der Waals surface area contributed by atoms with Crippen LogP contribution in [-0.2, 0) is 11.3 Å². The zero-order valence-corrected chi connectivity index (χ0v) is 16.5. The van der Waals surface area contributed by atoms with Crippen LogP contribution in [0, 0.1) is 11.3 Å². The number of thioether (sulfide) groups is 1. The number of aromatic nitrogens is 4. The molecule has 0 bridgehead atoms. The Labute approximate surface area is 175 Å². The van der Waals surface area contributed by atoms with Gasteiger partial charge in [-0.1, -0.05) is 23.9 Å². The van der Waals surface area contributed by atoms with Crippen molar-refractivity contribution in [2.24, 2.45) is 0 Å². The highest BCUT2D eigenvalue weighted by Crippen LogP contribution is 2.51. The third kappa shape index (κ3) is 4.01. The lowest BCUT2D eigenvalue weighted by molar-refractivity contribution is -0.121. The summed E-state index contributed by atoms with van der Waals surface area (Å²) in [6.07, 6.45) is 1.40. The fraction of sp³-hybridized carbons (Fsp3) is 0.200. The number of nitrogens with one attached hydrogen (secondary N) is 1. The molecule has 10 heteroatoms. The average Bonchev–Trinajstić information content (AvgIpc) is 3.41. The molecule has 1 fully saturated rings. The summed E-state index contributed by atoms with van der Waals surface area (Å²) in [6.45, 7) is 0.332. The number of carbonyl (C=O) groups excluding carboxylic acids is 1. The first-order valence-electron chi connectivity index (χ1n) is 9.09. The number of benzene rings is 2. The molecule has 150 valence electrons. The zero-order valence-electron chi connectivity index (χ0n) is 15.6. The molecule has 0 radical (unpaired) electrons. The number of carbonyl (C=O) groups is 2. The van der Waals surface area contributed by atoms with Crippen molar-refractivity contribution in [3.8, 4) is 11.8 Å². The summed E-state index contributed by atoms with van der Waals surface area (Å²) < 4.78 is 0.848. The van der Waals surface area contributed by atoms with Gasteiger partial charge in [-0.3, -0.25) is 4.79 Å². The molecule has 0 unspecified atom stereocenters. The first-order valence-corrected chi connectivity index (χ1v) is 9.91. The Hall–Kier alpha value is -3.71. The number of amides is 1. The molecule has 0 spiro atoms. The van der Waals surface area contributed by atoms with E-state index in [0.29, 0.717) is 35.8 Å². The lowest BCUT2D eigenvalue weighted by Gasteiger charge is -2.14. The monoisotopic (exact) mass is 420 g/mol. The van der Waals surface area contributed by atoms with Gasteiger partial charge in [-0.05, 0) is 65.2 Å². The van der Waals surface area contributed by atoms with Crippen molar-refractivity contribution in [3.05, 3.63) is 65.2 Å². The molecular weight excluding hydrogens is 404 g/mol. The molecule has 2 aromatic carbocycles. The fourth-order valence-electron chi connectivity index (χ4n) is 2.91. The summed E-state index contributed by atoms with van der Waals surface area (Å²) in [4.78, 5) is 23.8. The maximum absolute atomic E-state index is 12.8. The molecule has 1 heterocycles. The van der Waals surface area contributed by atoms with Gasteiger partial charge in [0.15, 0.2) is 0 Å². The molecule has 1 amide bonds. The topological polar surface area (TPSA) is 134 Å². The molecule has 0 aliphatic heterocycles. The highest BCUT2D eigenvalue weighted by Gasteiger charge is 2.52. The maximum Gasteiger partial charge on any atom is 0.335 e. The van der Waals surface area contributed by atoms with Crippen LogP contribution in [0.4, 0.5) is 0 Å². The van der Waals surface area contributed by atoms with Crippen molar-refractivity contribution in [1.29, 1.82) is 5.26 Å². The average molecular weight is 420 g/mol. The van der Waals surface area contributed by atoms with Gasteiger partial charge in [-0.25, -0.2) is 4.79 Å². The number of carboxylic acid groups (broad SMARTS) is 1. The van der Waals surface area contributed by atoms with Gasteiger partial charge >= 0.3 is 5.97 Å². The van der Waals surface area contributed by atoms with Gasteiger partial charge in [0.25, 0.3) is 0 Å². The number of rotatable bonds is 7. The number of nitriles is 1. The van der Waals surface area contributed by atoms with Gasteiger partial charge in [0.2, 0.25) is 11.1 Å². The van der Waals surface area contributed by atoms with E-state index >= 15 is 0 Å². The SMILES string of the molecule is N#Cc1cccc(CNC(=O)C2(Sc3nnnn3-c3ccc(C(=O)O)cc3)CC2)c1. The quantitative estimate of drug-likeness (QED) is 0.594. The Bertz CT molecular complexity index is 1150. The van der Waals surface area contributed by atoms with E-state index in [0.717, 1.165) is 5.56 Å². The van der Waals surface area contributed by atoms with Gasteiger partial charge in [0, 0.05) is 6.54 Å². The van der Waals surface area contributed by atoms with Crippen molar-refractivity contribution >= 4 is 23.6 Å². The third-order valence-electron chi connectivity index (χ3n) is 4.71. The van der Waals surface area contributed by atoms with E-state index < -0.39 is 10.7 Å². The Morgan fingerprint density at radius 1 is 1.23 bits per heavy atom. The molecule has 3 aromatic rings. The Morgan fingerprint density at radius 3 is 2.67 bits per heavy atom. The van der Waals surface area contributed by atoms with Crippen molar-refractivity contribution in [2.75, 3.05) is 0 Å². The zero-order chi connectivity index (χ0) is 21.1. The lowest BCUT2D eigenvalue weighted by Crippen LogP contribution is -2.34.